The quantitative estimate of drug-likeness (QED) is 0.701. The first-order valence-electron chi connectivity index (χ1n) is 12.1. The number of aromatic nitrogens is 1. The summed E-state index contributed by atoms with van der Waals surface area (Å²) < 4.78 is 6.46. The first kappa shape index (κ1) is 21.4. The first-order chi connectivity index (χ1) is 15.7. The van der Waals surface area contributed by atoms with E-state index in [1.165, 1.54) is 17.7 Å². The monoisotopic (exact) mass is 435 g/mol. The number of aryl methyl sites for hydroxylation is 1. The molecular formula is C26H33N3O3. The number of carbonyl (C=O) groups is 1. The van der Waals surface area contributed by atoms with E-state index < -0.39 is 12.0 Å². The van der Waals surface area contributed by atoms with Crippen molar-refractivity contribution in [1.82, 2.24) is 9.88 Å². The van der Waals surface area contributed by atoms with Gasteiger partial charge in [0, 0.05) is 31.2 Å². The number of pyridine rings is 1. The highest BCUT2D eigenvalue weighted by Crippen LogP contribution is 2.36. The van der Waals surface area contributed by atoms with Crippen LogP contribution in [0.15, 0.2) is 42.5 Å². The van der Waals surface area contributed by atoms with Crippen LogP contribution >= 0.6 is 0 Å². The summed E-state index contributed by atoms with van der Waals surface area (Å²) in [5.41, 5.74) is 3.40. The number of hydrogen-bond acceptors (Lipinski definition) is 5. The maximum atomic E-state index is 12.0. The minimum Gasteiger partial charge on any atom is -0.480 e. The number of ether oxygens (including phenoxy) is 1. The van der Waals surface area contributed by atoms with E-state index in [0.29, 0.717) is 12.5 Å². The molecule has 1 saturated heterocycles. The second-order valence-corrected chi connectivity index (χ2v) is 9.44. The van der Waals surface area contributed by atoms with Gasteiger partial charge in [-0.15, -0.1) is 0 Å². The molecule has 0 radical (unpaired) electrons. The smallest absolute Gasteiger partial charge is 0.325 e. The SMILES string of the molecule is O=C(O)[C@H](c1ccccc1)N1CC[C@@H](O[C@H]2CC[C@H](c3ccc4c(n3)NCCC4)CC2)C1. The van der Waals surface area contributed by atoms with Gasteiger partial charge in [0.15, 0.2) is 0 Å². The lowest BCUT2D eigenvalue weighted by Crippen LogP contribution is -2.34. The fourth-order valence-electron chi connectivity index (χ4n) is 5.58. The maximum Gasteiger partial charge on any atom is 0.325 e. The van der Waals surface area contributed by atoms with Crippen LogP contribution in [0, 0.1) is 0 Å². The number of aliphatic carboxylic acids is 1. The third kappa shape index (κ3) is 4.66. The number of anilines is 1. The van der Waals surface area contributed by atoms with Crippen LogP contribution in [0.2, 0.25) is 0 Å². The van der Waals surface area contributed by atoms with Gasteiger partial charge in [-0.3, -0.25) is 9.69 Å². The predicted molar refractivity (Wildman–Crippen MR) is 124 cm³/mol. The highest BCUT2D eigenvalue weighted by atomic mass is 16.5. The number of benzene rings is 1. The Bertz CT molecular complexity index is 927. The molecule has 170 valence electrons. The summed E-state index contributed by atoms with van der Waals surface area (Å²) in [4.78, 5) is 18.9. The zero-order chi connectivity index (χ0) is 21.9. The van der Waals surface area contributed by atoms with Gasteiger partial charge in [0.05, 0.1) is 12.2 Å². The van der Waals surface area contributed by atoms with Crippen molar-refractivity contribution in [1.29, 1.82) is 0 Å². The molecule has 2 aliphatic heterocycles. The normalized spacial score (nSPS) is 26.8. The second kappa shape index (κ2) is 9.59. The third-order valence-electron chi connectivity index (χ3n) is 7.28. The molecule has 6 nitrogen and oxygen atoms in total. The van der Waals surface area contributed by atoms with Gasteiger partial charge in [-0.2, -0.15) is 0 Å². The fraction of sp³-hybridized carbons (Fsp3) is 0.538. The summed E-state index contributed by atoms with van der Waals surface area (Å²) >= 11 is 0. The van der Waals surface area contributed by atoms with Crippen LogP contribution in [-0.4, -0.2) is 52.8 Å². The van der Waals surface area contributed by atoms with Gasteiger partial charge in [-0.1, -0.05) is 36.4 Å². The number of likely N-dealkylation sites (tertiary alicyclic amines) is 1. The Balaban J connectivity index is 1.14. The Morgan fingerprint density at radius 2 is 1.88 bits per heavy atom. The van der Waals surface area contributed by atoms with Gasteiger partial charge >= 0.3 is 5.97 Å². The van der Waals surface area contributed by atoms with E-state index in [4.69, 9.17) is 9.72 Å². The third-order valence-corrected chi connectivity index (χ3v) is 7.28. The van der Waals surface area contributed by atoms with Crippen molar-refractivity contribution in [2.45, 2.75) is 69.1 Å². The van der Waals surface area contributed by atoms with E-state index in [9.17, 15) is 9.90 Å². The van der Waals surface area contributed by atoms with Gasteiger partial charge < -0.3 is 15.2 Å². The molecule has 3 aliphatic rings. The highest BCUT2D eigenvalue weighted by molar-refractivity contribution is 5.75. The van der Waals surface area contributed by atoms with Crippen molar-refractivity contribution >= 4 is 11.8 Å². The van der Waals surface area contributed by atoms with Gasteiger partial charge in [0.2, 0.25) is 0 Å². The molecule has 0 spiro atoms. The van der Waals surface area contributed by atoms with Gasteiger partial charge in [-0.05, 0) is 62.1 Å². The molecule has 1 saturated carbocycles. The van der Waals surface area contributed by atoms with Crippen molar-refractivity contribution in [2.75, 3.05) is 25.0 Å². The zero-order valence-corrected chi connectivity index (χ0v) is 18.6. The van der Waals surface area contributed by atoms with E-state index in [2.05, 4.69) is 22.3 Å². The molecule has 0 unspecified atom stereocenters. The molecule has 2 fully saturated rings. The average Bonchev–Trinajstić information content (AvgIpc) is 3.27. The van der Waals surface area contributed by atoms with E-state index >= 15 is 0 Å². The number of carboxylic acids is 1. The van der Waals surface area contributed by atoms with Crippen LogP contribution in [0.4, 0.5) is 5.82 Å². The van der Waals surface area contributed by atoms with Crippen molar-refractivity contribution in [3.05, 3.63) is 59.3 Å². The molecule has 3 heterocycles. The molecule has 5 rings (SSSR count). The van der Waals surface area contributed by atoms with E-state index in [1.54, 1.807) is 0 Å². The first-order valence-corrected chi connectivity index (χ1v) is 12.1. The highest BCUT2D eigenvalue weighted by Gasteiger charge is 2.35. The Morgan fingerprint density at radius 3 is 2.66 bits per heavy atom. The molecule has 2 atom stereocenters. The summed E-state index contributed by atoms with van der Waals surface area (Å²) in [5, 5.41) is 13.3. The number of nitrogens with one attached hydrogen (secondary N) is 1. The lowest BCUT2D eigenvalue weighted by atomic mass is 9.84. The Morgan fingerprint density at radius 1 is 1.06 bits per heavy atom. The molecular weight excluding hydrogens is 402 g/mol. The lowest BCUT2D eigenvalue weighted by Gasteiger charge is -2.31. The van der Waals surface area contributed by atoms with E-state index in [1.807, 2.05) is 30.3 Å². The summed E-state index contributed by atoms with van der Waals surface area (Å²) in [7, 11) is 0. The van der Waals surface area contributed by atoms with Crippen LogP contribution in [0.3, 0.4) is 0 Å². The fourth-order valence-corrected chi connectivity index (χ4v) is 5.58. The number of nitrogens with zero attached hydrogens (tertiary/aromatic N) is 2. The van der Waals surface area contributed by atoms with Crippen LogP contribution in [0.5, 0.6) is 0 Å². The number of carboxylic acid groups (broad SMARTS) is 1. The molecule has 2 aromatic rings. The van der Waals surface area contributed by atoms with Crippen molar-refractivity contribution in [2.24, 2.45) is 0 Å². The van der Waals surface area contributed by atoms with E-state index in [0.717, 1.165) is 63.0 Å². The van der Waals surface area contributed by atoms with Crippen LogP contribution < -0.4 is 5.32 Å². The van der Waals surface area contributed by atoms with Gasteiger partial charge in [0.1, 0.15) is 11.9 Å². The van der Waals surface area contributed by atoms with Crippen LogP contribution in [0.1, 0.15) is 67.3 Å². The molecule has 0 bridgehead atoms. The van der Waals surface area contributed by atoms with Crippen LogP contribution in [0.25, 0.3) is 0 Å². The summed E-state index contributed by atoms with van der Waals surface area (Å²) in [6.07, 6.45) is 7.91. The van der Waals surface area contributed by atoms with Crippen molar-refractivity contribution < 1.29 is 14.6 Å². The topological polar surface area (TPSA) is 74.7 Å². The Labute approximate surface area is 190 Å². The van der Waals surface area contributed by atoms with Crippen molar-refractivity contribution in [3.63, 3.8) is 0 Å². The summed E-state index contributed by atoms with van der Waals surface area (Å²) in [6, 6.07) is 13.4. The van der Waals surface area contributed by atoms with Crippen LogP contribution in [-0.2, 0) is 16.0 Å². The molecule has 6 heteroatoms. The Kier molecular flexibility index (Phi) is 6.42. The number of fused-ring (bicyclic) bond motifs is 1. The average molecular weight is 436 g/mol. The minimum atomic E-state index is -0.788. The van der Waals surface area contributed by atoms with Gasteiger partial charge in [0.25, 0.3) is 0 Å². The summed E-state index contributed by atoms with van der Waals surface area (Å²) in [5.74, 6) is 0.812. The number of hydrogen-bond donors (Lipinski definition) is 2. The standard InChI is InChI=1S/C26H33N3O3/c30-26(31)24(19-5-2-1-3-6-19)29-16-14-22(17-29)32-21-11-8-18(9-12-21)23-13-10-20-7-4-15-27-25(20)28-23/h1-3,5-6,10,13,18,21-22,24H,4,7-9,11-12,14-17H2,(H,27,28)(H,30,31)/t18-,21-,22-,24+/m1/s1. The van der Waals surface area contributed by atoms with Crippen molar-refractivity contribution in [3.8, 4) is 0 Å². The molecule has 1 aromatic heterocycles. The van der Waals surface area contributed by atoms with Gasteiger partial charge in [-0.25, -0.2) is 4.98 Å². The second-order valence-electron chi connectivity index (χ2n) is 9.44. The Hall–Kier alpha value is -2.44. The largest absolute Gasteiger partial charge is 0.480 e. The zero-order valence-electron chi connectivity index (χ0n) is 18.6. The van der Waals surface area contributed by atoms with E-state index in [-0.39, 0.29) is 12.2 Å². The maximum absolute atomic E-state index is 12.0. The molecule has 32 heavy (non-hydrogen) atoms. The molecule has 1 aliphatic carbocycles. The lowest BCUT2D eigenvalue weighted by molar-refractivity contribution is -0.143. The number of rotatable bonds is 6. The minimum absolute atomic E-state index is 0.119. The molecule has 2 N–H and O–H groups in total. The molecule has 1 aromatic carbocycles. The summed E-state index contributed by atoms with van der Waals surface area (Å²) in [6.45, 7) is 2.47. The predicted octanol–water partition coefficient (Wildman–Crippen LogP) is 4.38. The molecule has 0 amide bonds.